The van der Waals surface area contributed by atoms with Gasteiger partial charge in [0.15, 0.2) is 0 Å². The molecule has 0 N–H and O–H groups in total. The molecule has 3 heteroatoms. The minimum atomic E-state index is -0.220. The fourth-order valence-electron chi connectivity index (χ4n) is 2.02. The van der Waals surface area contributed by atoms with E-state index in [1.54, 1.807) is 5.19 Å². The molecule has 2 rings (SSSR count). The van der Waals surface area contributed by atoms with E-state index in [2.05, 4.69) is 30.3 Å². The van der Waals surface area contributed by atoms with Gasteiger partial charge in [-0.25, -0.2) is 0 Å². The van der Waals surface area contributed by atoms with Crippen LogP contribution in [-0.4, -0.2) is 19.9 Å². The molecule has 1 nitrogen and oxygen atoms in total. The number of rotatable bonds is 2. The van der Waals surface area contributed by atoms with Crippen LogP contribution in [-0.2, 0) is 23.0 Å². The summed E-state index contributed by atoms with van der Waals surface area (Å²) in [6.45, 7) is 1.000. The maximum atomic E-state index is 5.99. The summed E-state index contributed by atoms with van der Waals surface area (Å²) in [5.74, 6) is 0. The van der Waals surface area contributed by atoms with E-state index in [1.807, 2.05) is 0 Å². The van der Waals surface area contributed by atoms with E-state index in [1.165, 1.54) is 37.6 Å². The van der Waals surface area contributed by atoms with E-state index in [0.29, 0.717) is 3.82 Å². The Morgan fingerprint density at radius 1 is 1.21 bits per heavy atom. The first-order chi connectivity index (χ1) is 6.79. The van der Waals surface area contributed by atoms with E-state index in [-0.39, 0.29) is 9.52 Å². The van der Waals surface area contributed by atoms with Gasteiger partial charge < -0.3 is 0 Å². The number of benzene rings is 1. The third kappa shape index (κ3) is 2.75. The molecule has 71 valence electrons. The van der Waals surface area contributed by atoms with Crippen LogP contribution < -0.4 is 5.19 Å². The second kappa shape index (κ2) is 4.69. The normalized spacial score (nSPS) is 28.4. The fraction of sp³-hybridized carbons (Fsp3) is 0.455. The molecule has 1 aromatic rings. The monoisotopic (exact) mass is 255 g/mol. The Morgan fingerprint density at radius 3 is 2.64 bits per heavy atom. The van der Waals surface area contributed by atoms with Crippen molar-refractivity contribution in [2.45, 2.75) is 23.1 Å². The minimum absolute atomic E-state index is 0.220. The second-order valence-electron chi connectivity index (χ2n) is 4.15. The molecule has 1 heterocycles. The molecule has 1 aliphatic heterocycles. The number of hydrogen-bond acceptors (Lipinski definition) is 1. The zero-order chi connectivity index (χ0) is 9.86. The Labute approximate surface area is 97.7 Å². The summed E-state index contributed by atoms with van der Waals surface area (Å²) in [5, 5.41) is 1.56. The van der Waals surface area contributed by atoms with Gasteiger partial charge in [0.1, 0.15) is 0 Å². The van der Waals surface area contributed by atoms with Gasteiger partial charge >= 0.3 is 97.8 Å². The van der Waals surface area contributed by atoms with Crippen LogP contribution in [0.1, 0.15) is 19.3 Å². The molecule has 1 aliphatic rings. The first-order valence-electron chi connectivity index (χ1n) is 5.32. The van der Waals surface area contributed by atoms with Gasteiger partial charge in [-0.2, -0.15) is 0 Å². The number of ether oxygens (including phenoxy) is 1. The molecule has 0 bridgehead atoms. The van der Waals surface area contributed by atoms with Crippen molar-refractivity contribution in [1.82, 2.24) is 0 Å². The van der Waals surface area contributed by atoms with E-state index < -0.39 is 0 Å². The molecule has 0 saturated carbocycles. The summed E-state index contributed by atoms with van der Waals surface area (Å²) >= 11 is 1.31. The van der Waals surface area contributed by atoms with E-state index in [4.69, 9.17) is 4.74 Å². The average Bonchev–Trinajstić information content (AvgIpc) is 2.19. The van der Waals surface area contributed by atoms with Crippen molar-refractivity contribution in [2.75, 3.05) is 6.61 Å². The Morgan fingerprint density at radius 2 is 2.00 bits per heavy atom. The predicted molar refractivity (Wildman–Crippen MR) is 57.2 cm³/mol. The van der Waals surface area contributed by atoms with Crippen LogP contribution in [0.15, 0.2) is 30.3 Å². The molecule has 14 heavy (non-hydrogen) atoms. The van der Waals surface area contributed by atoms with Crippen molar-refractivity contribution in [2.24, 2.45) is 0 Å². The van der Waals surface area contributed by atoms with Crippen LogP contribution in [0.4, 0.5) is 0 Å². The van der Waals surface area contributed by atoms with Gasteiger partial charge in [0.05, 0.1) is 0 Å². The summed E-state index contributed by atoms with van der Waals surface area (Å²) in [6.07, 6.45) is 3.96. The molecule has 1 atom stereocenters. The zero-order valence-electron chi connectivity index (χ0n) is 8.54. The summed E-state index contributed by atoms with van der Waals surface area (Å²) in [5.41, 5.74) is 0. The van der Waals surface area contributed by atoms with Crippen LogP contribution in [0.2, 0.25) is 0 Å². The van der Waals surface area contributed by atoms with Crippen molar-refractivity contribution in [3.8, 4) is 0 Å². The fourth-order valence-corrected chi connectivity index (χ4v) is 6.59. The summed E-state index contributed by atoms with van der Waals surface area (Å²) in [4.78, 5) is 0. The van der Waals surface area contributed by atoms with Crippen molar-refractivity contribution in [3.63, 3.8) is 0 Å². The van der Waals surface area contributed by atoms with Crippen molar-refractivity contribution < 1.29 is 23.0 Å². The molecular formula is C11H15OSiZn. The Bertz CT molecular complexity index is 283. The summed E-state index contributed by atoms with van der Waals surface area (Å²) in [6, 6.07) is 10.9. The van der Waals surface area contributed by atoms with Gasteiger partial charge in [0.2, 0.25) is 0 Å². The van der Waals surface area contributed by atoms with Crippen molar-refractivity contribution in [1.29, 1.82) is 0 Å². The third-order valence-corrected chi connectivity index (χ3v) is 7.63. The topological polar surface area (TPSA) is 9.23 Å². The predicted octanol–water partition coefficient (Wildman–Crippen LogP) is 0.882. The summed E-state index contributed by atoms with van der Waals surface area (Å²) < 4.78 is 6.33. The van der Waals surface area contributed by atoms with Crippen LogP contribution in [0.5, 0.6) is 0 Å². The molecule has 0 aliphatic carbocycles. The van der Waals surface area contributed by atoms with Gasteiger partial charge in [0, 0.05) is 0 Å². The molecule has 0 amide bonds. The average molecular weight is 257 g/mol. The molecular weight excluding hydrogens is 242 g/mol. The molecule has 0 aromatic heterocycles. The Kier molecular flexibility index (Phi) is 3.53. The Balaban J connectivity index is 2.02. The van der Waals surface area contributed by atoms with Gasteiger partial charge in [0.25, 0.3) is 0 Å². The van der Waals surface area contributed by atoms with Gasteiger partial charge in [-0.15, -0.1) is 0 Å². The molecule has 1 fully saturated rings. The van der Waals surface area contributed by atoms with Crippen LogP contribution >= 0.6 is 0 Å². The molecule has 1 unspecified atom stereocenters. The van der Waals surface area contributed by atoms with E-state index in [0.717, 1.165) is 6.61 Å². The SMILES string of the molecule is [Zn][C]1([SiH2]c2ccccc2)CCCCO1. The first kappa shape index (κ1) is 10.5. The van der Waals surface area contributed by atoms with Crippen LogP contribution in [0.25, 0.3) is 0 Å². The van der Waals surface area contributed by atoms with Gasteiger partial charge in [-0.05, 0) is 0 Å². The first-order valence-corrected chi connectivity index (χ1v) is 8.22. The molecule has 0 spiro atoms. The molecule has 1 saturated heterocycles. The second-order valence-corrected chi connectivity index (χ2v) is 11.4. The summed E-state index contributed by atoms with van der Waals surface area (Å²) in [7, 11) is -0.220. The van der Waals surface area contributed by atoms with Crippen LogP contribution in [0.3, 0.4) is 0 Å². The zero-order valence-corrected chi connectivity index (χ0v) is 12.9. The molecule has 0 radical (unpaired) electrons. The van der Waals surface area contributed by atoms with Crippen molar-refractivity contribution in [3.05, 3.63) is 30.3 Å². The van der Waals surface area contributed by atoms with Crippen LogP contribution in [0, 0.1) is 0 Å². The number of hydrogen-bond donors (Lipinski definition) is 0. The maximum absolute atomic E-state index is 5.99. The Hall–Kier alpha value is 0.0203. The quantitative estimate of drug-likeness (QED) is 0.714. The van der Waals surface area contributed by atoms with E-state index in [9.17, 15) is 0 Å². The van der Waals surface area contributed by atoms with E-state index >= 15 is 0 Å². The third-order valence-electron chi connectivity index (χ3n) is 2.80. The standard InChI is InChI=1S/C11H15OSi.Zn/c1-2-6-10(7-3-1)13-11-8-4-5-9-12-11;/h1-3,6-7H,4-5,8-9,13H2;. The molecule has 1 aromatic carbocycles. The van der Waals surface area contributed by atoms with Gasteiger partial charge in [-0.1, -0.05) is 0 Å². The van der Waals surface area contributed by atoms with Gasteiger partial charge in [-0.3, -0.25) is 0 Å². The van der Waals surface area contributed by atoms with Crippen molar-refractivity contribution >= 4 is 14.7 Å².